The average Bonchev–Trinajstić information content (AvgIpc) is 2.52. The van der Waals surface area contributed by atoms with Gasteiger partial charge in [0.1, 0.15) is 0 Å². The lowest BCUT2D eigenvalue weighted by Gasteiger charge is -2.11. The molecule has 1 atom stereocenters. The monoisotopic (exact) mass is 310 g/mol. The molecule has 0 aromatic carbocycles. The van der Waals surface area contributed by atoms with Gasteiger partial charge in [-0.15, -0.1) is 0 Å². The van der Waals surface area contributed by atoms with Crippen molar-refractivity contribution < 1.29 is 0 Å². The van der Waals surface area contributed by atoms with Gasteiger partial charge in [0.25, 0.3) is 0 Å². The van der Waals surface area contributed by atoms with Crippen LogP contribution >= 0.6 is 0 Å². The average molecular weight is 311 g/mol. The van der Waals surface area contributed by atoms with Crippen molar-refractivity contribution in [3.8, 4) is 0 Å². The first-order chi connectivity index (χ1) is 10.8. The van der Waals surface area contributed by atoms with Crippen molar-refractivity contribution in [2.45, 2.75) is 136 Å². The molecule has 22 heavy (non-hydrogen) atoms. The topological polar surface area (TPSA) is 0 Å². The van der Waals surface area contributed by atoms with Gasteiger partial charge >= 0.3 is 0 Å². The van der Waals surface area contributed by atoms with Gasteiger partial charge < -0.3 is 0 Å². The van der Waals surface area contributed by atoms with Crippen molar-refractivity contribution in [1.29, 1.82) is 0 Å². The molecule has 0 rings (SSSR count). The second-order valence-corrected chi connectivity index (χ2v) is 7.63. The normalized spacial score (nSPS) is 12.7. The lowest BCUT2D eigenvalue weighted by molar-refractivity contribution is 0.430. The fourth-order valence-electron chi connectivity index (χ4n) is 3.40. The van der Waals surface area contributed by atoms with E-state index in [-0.39, 0.29) is 0 Å². The van der Waals surface area contributed by atoms with E-state index in [2.05, 4.69) is 20.8 Å². The van der Waals surface area contributed by atoms with Crippen molar-refractivity contribution in [3.05, 3.63) is 0 Å². The van der Waals surface area contributed by atoms with E-state index in [0.29, 0.717) is 0 Å². The van der Waals surface area contributed by atoms with E-state index in [9.17, 15) is 0 Å². The fraction of sp³-hybridized carbons (Fsp3) is 1.00. The van der Waals surface area contributed by atoms with Crippen LogP contribution in [-0.2, 0) is 0 Å². The molecular weight excluding hydrogens is 264 g/mol. The maximum atomic E-state index is 2.47. The second kappa shape index (κ2) is 19.0. The van der Waals surface area contributed by atoms with E-state index in [1.54, 1.807) is 0 Å². The van der Waals surface area contributed by atoms with Crippen LogP contribution in [0.5, 0.6) is 0 Å². The van der Waals surface area contributed by atoms with Crippen LogP contribution in [0.15, 0.2) is 0 Å². The Labute approximate surface area is 142 Å². The third kappa shape index (κ3) is 18.1. The summed E-state index contributed by atoms with van der Waals surface area (Å²) in [6.45, 7) is 7.07. The molecule has 0 fully saturated rings. The summed E-state index contributed by atoms with van der Waals surface area (Å²) in [5.74, 6) is 0.972. The Hall–Kier alpha value is 0. The molecule has 0 nitrogen and oxygen atoms in total. The summed E-state index contributed by atoms with van der Waals surface area (Å²) in [5, 5.41) is 0. The van der Waals surface area contributed by atoms with E-state index in [1.165, 1.54) is 116 Å². The molecule has 134 valence electrons. The van der Waals surface area contributed by atoms with E-state index in [4.69, 9.17) is 0 Å². The zero-order chi connectivity index (χ0) is 16.3. The standard InChI is InChI=1S/C22H46/c1-4-6-8-10-12-13-14-15-17-19-21-22(3)20-18-16-11-9-7-5-2/h22H,4-21H2,1-3H3/t22-/m1/s1. The Kier molecular flexibility index (Phi) is 19.0. The lowest BCUT2D eigenvalue weighted by Crippen LogP contribution is -1.95. The van der Waals surface area contributed by atoms with Crippen LogP contribution in [0, 0.1) is 5.92 Å². The molecule has 0 N–H and O–H groups in total. The molecule has 0 heteroatoms. The number of rotatable bonds is 18. The SMILES string of the molecule is CCCCCCCCCCCC[C@H](C)CCCCCCCC. The summed E-state index contributed by atoms with van der Waals surface area (Å²) in [6.07, 6.45) is 26.3. The van der Waals surface area contributed by atoms with Crippen LogP contribution in [0.1, 0.15) is 136 Å². The molecule has 0 aliphatic carbocycles. The van der Waals surface area contributed by atoms with E-state index < -0.39 is 0 Å². The molecule has 0 aliphatic rings. The summed E-state index contributed by atoms with van der Waals surface area (Å²) in [5.41, 5.74) is 0. The van der Waals surface area contributed by atoms with E-state index in [1.807, 2.05) is 0 Å². The van der Waals surface area contributed by atoms with E-state index in [0.717, 1.165) is 5.92 Å². The largest absolute Gasteiger partial charge is 0.0654 e. The first kappa shape index (κ1) is 22.0. The highest BCUT2D eigenvalue weighted by Gasteiger charge is 2.02. The van der Waals surface area contributed by atoms with Gasteiger partial charge in [-0.3, -0.25) is 0 Å². The molecule has 0 saturated heterocycles. The number of unbranched alkanes of at least 4 members (excludes halogenated alkanes) is 14. The van der Waals surface area contributed by atoms with Gasteiger partial charge in [0.2, 0.25) is 0 Å². The van der Waals surface area contributed by atoms with Crippen LogP contribution in [0.2, 0.25) is 0 Å². The molecule has 0 heterocycles. The predicted molar refractivity (Wildman–Crippen MR) is 104 cm³/mol. The highest BCUT2D eigenvalue weighted by atomic mass is 14.1. The molecule has 0 aromatic heterocycles. The van der Waals surface area contributed by atoms with Crippen LogP contribution in [0.3, 0.4) is 0 Å². The summed E-state index contributed by atoms with van der Waals surface area (Å²) in [7, 11) is 0. The second-order valence-electron chi connectivity index (χ2n) is 7.63. The van der Waals surface area contributed by atoms with E-state index >= 15 is 0 Å². The van der Waals surface area contributed by atoms with Gasteiger partial charge in [-0.25, -0.2) is 0 Å². The van der Waals surface area contributed by atoms with Crippen LogP contribution < -0.4 is 0 Å². The molecule has 0 unspecified atom stereocenters. The third-order valence-corrected chi connectivity index (χ3v) is 5.10. The van der Waals surface area contributed by atoms with Crippen LogP contribution in [0.4, 0.5) is 0 Å². The Bertz CT molecular complexity index is 184. The molecule has 0 aromatic rings. The van der Waals surface area contributed by atoms with Crippen molar-refractivity contribution in [2.24, 2.45) is 5.92 Å². The molecule has 0 radical (unpaired) electrons. The van der Waals surface area contributed by atoms with Crippen molar-refractivity contribution in [2.75, 3.05) is 0 Å². The molecule has 0 aliphatic heterocycles. The minimum absolute atomic E-state index is 0.972. The van der Waals surface area contributed by atoms with Crippen molar-refractivity contribution in [1.82, 2.24) is 0 Å². The summed E-state index contributed by atoms with van der Waals surface area (Å²) >= 11 is 0. The molecular formula is C22H46. The number of hydrogen-bond acceptors (Lipinski definition) is 0. The first-order valence-corrected chi connectivity index (χ1v) is 10.8. The third-order valence-electron chi connectivity index (χ3n) is 5.10. The smallest absolute Gasteiger partial charge is 0.0443 e. The van der Waals surface area contributed by atoms with Gasteiger partial charge in [-0.05, 0) is 5.92 Å². The molecule has 0 saturated carbocycles. The quantitative estimate of drug-likeness (QED) is 0.222. The van der Waals surface area contributed by atoms with Gasteiger partial charge in [0.15, 0.2) is 0 Å². The molecule has 0 spiro atoms. The Morgan fingerprint density at radius 1 is 0.409 bits per heavy atom. The number of hydrogen-bond donors (Lipinski definition) is 0. The highest BCUT2D eigenvalue weighted by molar-refractivity contribution is 4.56. The minimum atomic E-state index is 0.972. The maximum absolute atomic E-state index is 2.47. The van der Waals surface area contributed by atoms with Gasteiger partial charge in [-0.2, -0.15) is 0 Å². The molecule has 0 amide bonds. The summed E-state index contributed by atoms with van der Waals surface area (Å²) < 4.78 is 0. The predicted octanol–water partition coefficient (Wildman–Crippen LogP) is 8.68. The Morgan fingerprint density at radius 3 is 1.00 bits per heavy atom. The van der Waals surface area contributed by atoms with Crippen molar-refractivity contribution in [3.63, 3.8) is 0 Å². The lowest BCUT2D eigenvalue weighted by atomic mass is 9.96. The molecule has 0 bridgehead atoms. The highest BCUT2D eigenvalue weighted by Crippen LogP contribution is 2.18. The van der Waals surface area contributed by atoms with Crippen molar-refractivity contribution >= 4 is 0 Å². The Morgan fingerprint density at radius 2 is 0.682 bits per heavy atom. The van der Waals surface area contributed by atoms with Crippen LogP contribution in [-0.4, -0.2) is 0 Å². The van der Waals surface area contributed by atoms with Gasteiger partial charge in [0, 0.05) is 0 Å². The summed E-state index contributed by atoms with van der Waals surface area (Å²) in [4.78, 5) is 0. The van der Waals surface area contributed by atoms with Gasteiger partial charge in [-0.1, -0.05) is 136 Å². The first-order valence-electron chi connectivity index (χ1n) is 10.8. The zero-order valence-corrected chi connectivity index (χ0v) is 16.3. The fourth-order valence-corrected chi connectivity index (χ4v) is 3.40. The zero-order valence-electron chi connectivity index (χ0n) is 16.3. The van der Waals surface area contributed by atoms with Gasteiger partial charge in [0.05, 0.1) is 0 Å². The maximum Gasteiger partial charge on any atom is -0.0443 e. The Balaban J connectivity index is 3.10. The minimum Gasteiger partial charge on any atom is -0.0654 e. The summed E-state index contributed by atoms with van der Waals surface area (Å²) in [6, 6.07) is 0. The van der Waals surface area contributed by atoms with Crippen LogP contribution in [0.25, 0.3) is 0 Å².